The molecule has 0 saturated heterocycles. The lowest BCUT2D eigenvalue weighted by Gasteiger charge is -2.10. The molecule has 0 spiro atoms. The van der Waals surface area contributed by atoms with Crippen LogP contribution in [0.4, 0.5) is 0 Å². The molecule has 0 bridgehead atoms. The fraction of sp³-hybridized carbons (Fsp3) is 0.316. The molecule has 1 aromatic heterocycles. The van der Waals surface area contributed by atoms with E-state index in [4.69, 9.17) is 11.6 Å². The largest absolute Gasteiger partial charge is 0.349 e. The maximum Gasteiger partial charge on any atom is 0.262 e. The highest BCUT2D eigenvalue weighted by molar-refractivity contribution is 6.31. The zero-order chi connectivity index (χ0) is 17.8. The number of hydrogen-bond donors (Lipinski definition) is 1. The van der Waals surface area contributed by atoms with Gasteiger partial charge in [-0.1, -0.05) is 42.6 Å². The summed E-state index contributed by atoms with van der Waals surface area (Å²) in [5.74, 6) is -0.350. The number of nitriles is 1. The maximum absolute atomic E-state index is 12.4. The van der Waals surface area contributed by atoms with Crippen LogP contribution in [0.3, 0.4) is 0 Å². The Balaban J connectivity index is 1.90. The Kier molecular flexibility index (Phi) is 5.20. The van der Waals surface area contributed by atoms with E-state index in [9.17, 15) is 10.1 Å². The third-order valence-corrected chi connectivity index (χ3v) is 4.76. The summed E-state index contributed by atoms with van der Waals surface area (Å²) >= 11 is 6.45. The van der Waals surface area contributed by atoms with Crippen molar-refractivity contribution in [1.82, 2.24) is 15.1 Å². The van der Waals surface area contributed by atoms with Gasteiger partial charge in [0.05, 0.1) is 11.4 Å². The van der Waals surface area contributed by atoms with E-state index in [2.05, 4.69) is 10.4 Å². The molecule has 2 aromatic rings. The van der Waals surface area contributed by atoms with E-state index in [0.717, 1.165) is 31.4 Å². The van der Waals surface area contributed by atoms with E-state index >= 15 is 0 Å². The number of nitrogens with one attached hydrogen (secondary N) is 1. The van der Waals surface area contributed by atoms with E-state index in [1.165, 1.54) is 6.08 Å². The summed E-state index contributed by atoms with van der Waals surface area (Å²) in [6.45, 7) is 1.81. The van der Waals surface area contributed by atoms with Crippen molar-refractivity contribution in [1.29, 1.82) is 5.26 Å². The number of carbonyl (C=O) groups excluding carboxylic acids is 1. The van der Waals surface area contributed by atoms with E-state index in [1.54, 1.807) is 11.6 Å². The molecule has 0 atom stereocenters. The molecular formula is C19H19ClN4O. The lowest BCUT2D eigenvalue weighted by molar-refractivity contribution is -0.117. The molecule has 1 fully saturated rings. The molecule has 128 valence electrons. The molecule has 0 aliphatic heterocycles. The first-order valence-corrected chi connectivity index (χ1v) is 8.71. The van der Waals surface area contributed by atoms with Crippen molar-refractivity contribution in [2.45, 2.75) is 38.6 Å². The lowest BCUT2D eigenvalue weighted by atomic mass is 10.1. The lowest BCUT2D eigenvalue weighted by Crippen LogP contribution is -2.33. The molecule has 6 heteroatoms. The highest BCUT2D eigenvalue weighted by atomic mass is 35.5. The third kappa shape index (κ3) is 3.75. The fourth-order valence-electron chi connectivity index (χ4n) is 3.04. The number of aryl methyl sites for hydroxylation is 1. The Morgan fingerprint density at radius 1 is 1.36 bits per heavy atom. The van der Waals surface area contributed by atoms with Crippen molar-refractivity contribution in [3.63, 3.8) is 0 Å². The van der Waals surface area contributed by atoms with Gasteiger partial charge in [-0.15, -0.1) is 0 Å². The molecule has 1 amide bonds. The molecule has 25 heavy (non-hydrogen) atoms. The minimum absolute atomic E-state index is 0.0458. The second kappa shape index (κ2) is 7.54. The molecule has 1 aliphatic rings. The quantitative estimate of drug-likeness (QED) is 0.670. The van der Waals surface area contributed by atoms with Gasteiger partial charge in [0.1, 0.15) is 16.8 Å². The number of benzene rings is 1. The zero-order valence-corrected chi connectivity index (χ0v) is 14.8. The number of amides is 1. The number of carbonyl (C=O) groups is 1. The second-order valence-electron chi connectivity index (χ2n) is 6.16. The SMILES string of the molecule is Cc1nn(-c2ccccc2)c(Cl)c1/C=C(\C#N)C(=O)NC1CCCC1. The van der Waals surface area contributed by atoms with Crippen LogP contribution in [0.15, 0.2) is 35.9 Å². The summed E-state index contributed by atoms with van der Waals surface area (Å²) in [7, 11) is 0. The first-order chi connectivity index (χ1) is 12.1. The van der Waals surface area contributed by atoms with Crippen LogP contribution in [0, 0.1) is 18.3 Å². The molecule has 5 nitrogen and oxygen atoms in total. The molecule has 0 radical (unpaired) electrons. The van der Waals surface area contributed by atoms with Gasteiger partial charge in [0.2, 0.25) is 0 Å². The van der Waals surface area contributed by atoms with Crippen molar-refractivity contribution in [3.8, 4) is 11.8 Å². The van der Waals surface area contributed by atoms with Crippen LogP contribution >= 0.6 is 11.6 Å². The minimum Gasteiger partial charge on any atom is -0.349 e. The van der Waals surface area contributed by atoms with Crippen LogP contribution in [0.5, 0.6) is 0 Å². The third-order valence-electron chi connectivity index (χ3n) is 4.39. The topological polar surface area (TPSA) is 70.7 Å². The Morgan fingerprint density at radius 3 is 2.68 bits per heavy atom. The molecular weight excluding hydrogens is 336 g/mol. The monoisotopic (exact) mass is 354 g/mol. The Hall–Kier alpha value is -2.58. The Bertz CT molecular complexity index is 842. The number of aromatic nitrogens is 2. The summed E-state index contributed by atoms with van der Waals surface area (Å²) in [5.41, 5.74) is 2.12. The number of hydrogen-bond acceptors (Lipinski definition) is 3. The average molecular weight is 355 g/mol. The van der Waals surface area contributed by atoms with Crippen LogP contribution in [-0.2, 0) is 4.79 Å². The Labute approximate surface area is 151 Å². The van der Waals surface area contributed by atoms with E-state index in [0.29, 0.717) is 16.4 Å². The van der Waals surface area contributed by atoms with Crippen LogP contribution in [0.2, 0.25) is 5.15 Å². The van der Waals surface area contributed by atoms with Gasteiger partial charge in [0.25, 0.3) is 5.91 Å². The number of halogens is 1. The summed E-state index contributed by atoms with van der Waals surface area (Å²) < 4.78 is 1.60. The summed E-state index contributed by atoms with van der Waals surface area (Å²) in [4.78, 5) is 12.4. The van der Waals surface area contributed by atoms with Gasteiger partial charge in [-0.3, -0.25) is 4.79 Å². The van der Waals surface area contributed by atoms with Crippen molar-refractivity contribution in [2.75, 3.05) is 0 Å². The number of nitrogens with zero attached hydrogens (tertiary/aromatic N) is 3. The van der Waals surface area contributed by atoms with Crippen molar-refractivity contribution in [3.05, 3.63) is 52.3 Å². The predicted molar refractivity (Wildman–Crippen MR) is 97.3 cm³/mol. The van der Waals surface area contributed by atoms with Crippen molar-refractivity contribution >= 4 is 23.6 Å². The first kappa shape index (κ1) is 17.2. The van der Waals surface area contributed by atoms with Crippen LogP contribution in [-0.4, -0.2) is 21.7 Å². The molecule has 1 aliphatic carbocycles. The van der Waals surface area contributed by atoms with Crippen LogP contribution in [0.25, 0.3) is 11.8 Å². The van der Waals surface area contributed by atoms with E-state index < -0.39 is 0 Å². The predicted octanol–water partition coefficient (Wildman–Crippen LogP) is 3.80. The molecule has 1 N–H and O–H groups in total. The van der Waals surface area contributed by atoms with Crippen LogP contribution < -0.4 is 5.32 Å². The van der Waals surface area contributed by atoms with Gasteiger partial charge in [0, 0.05) is 11.6 Å². The maximum atomic E-state index is 12.4. The number of para-hydroxylation sites is 1. The van der Waals surface area contributed by atoms with Gasteiger partial charge in [-0.05, 0) is 38.0 Å². The summed E-state index contributed by atoms with van der Waals surface area (Å²) in [6, 6.07) is 11.6. The van der Waals surface area contributed by atoms with Gasteiger partial charge in [-0.25, -0.2) is 4.68 Å². The minimum atomic E-state index is -0.350. The molecule has 3 rings (SSSR count). The highest BCUT2D eigenvalue weighted by Crippen LogP contribution is 2.26. The normalized spacial score (nSPS) is 15.2. The smallest absolute Gasteiger partial charge is 0.262 e. The van der Waals surface area contributed by atoms with E-state index in [-0.39, 0.29) is 17.5 Å². The van der Waals surface area contributed by atoms with Gasteiger partial charge in [-0.2, -0.15) is 10.4 Å². The molecule has 1 heterocycles. The van der Waals surface area contributed by atoms with Gasteiger partial charge < -0.3 is 5.32 Å². The summed E-state index contributed by atoms with van der Waals surface area (Å²) in [5, 5.41) is 17.1. The Morgan fingerprint density at radius 2 is 2.04 bits per heavy atom. The van der Waals surface area contributed by atoms with E-state index in [1.807, 2.05) is 36.4 Å². The average Bonchev–Trinajstić information content (AvgIpc) is 3.22. The first-order valence-electron chi connectivity index (χ1n) is 8.33. The molecule has 0 unspecified atom stereocenters. The van der Waals surface area contributed by atoms with Gasteiger partial charge in [0.15, 0.2) is 0 Å². The van der Waals surface area contributed by atoms with Crippen molar-refractivity contribution in [2.24, 2.45) is 0 Å². The highest BCUT2D eigenvalue weighted by Gasteiger charge is 2.21. The summed E-state index contributed by atoms with van der Waals surface area (Å²) in [6.07, 6.45) is 5.69. The number of rotatable bonds is 4. The standard InChI is InChI=1S/C19H19ClN4O/c1-13-17(18(20)24(23-13)16-9-3-2-4-10-16)11-14(12-21)19(25)22-15-7-5-6-8-15/h2-4,9-11,15H,5-8H2,1H3,(H,22,25)/b14-11+. The second-order valence-corrected chi connectivity index (χ2v) is 6.52. The molecule has 1 aromatic carbocycles. The van der Waals surface area contributed by atoms with Gasteiger partial charge >= 0.3 is 0 Å². The zero-order valence-electron chi connectivity index (χ0n) is 14.0. The fourth-order valence-corrected chi connectivity index (χ4v) is 3.37. The molecule has 1 saturated carbocycles. The van der Waals surface area contributed by atoms with Crippen molar-refractivity contribution < 1.29 is 4.79 Å². The van der Waals surface area contributed by atoms with Crippen LogP contribution in [0.1, 0.15) is 36.9 Å².